The van der Waals surface area contributed by atoms with Crippen LogP contribution in [-0.2, 0) is 6.54 Å². The Kier molecular flexibility index (Phi) is 3.00. The molecule has 1 aliphatic rings. The van der Waals surface area contributed by atoms with Gasteiger partial charge in [0.2, 0.25) is 0 Å². The minimum atomic E-state index is -2.50. The van der Waals surface area contributed by atoms with Gasteiger partial charge in [-0.3, -0.25) is 4.57 Å². The fourth-order valence-corrected chi connectivity index (χ4v) is 1.67. The minimum Gasteiger partial charge on any atom is -0.307 e. The molecule has 5 heteroatoms. The third kappa shape index (κ3) is 2.53. The second-order valence-electron chi connectivity index (χ2n) is 4.04. The molecule has 0 aromatic carbocycles. The van der Waals surface area contributed by atoms with Crippen LogP contribution in [0.1, 0.15) is 32.1 Å². The molecule has 0 spiro atoms. The number of nitrogens with one attached hydrogen (secondary N) is 1. The summed E-state index contributed by atoms with van der Waals surface area (Å²) in [4.78, 5) is 3.91. The summed E-state index contributed by atoms with van der Waals surface area (Å²) >= 11 is 0. The molecule has 84 valence electrons. The maximum Gasteiger partial charge on any atom is 0.319 e. The van der Waals surface area contributed by atoms with Crippen molar-refractivity contribution in [2.75, 3.05) is 0 Å². The van der Waals surface area contributed by atoms with Gasteiger partial charge in [0.15, 0.2) is 0 Å². The van der Waals surface area contributed by atoms with E-state index in [4.69, 9.17) is 0 Å². The standard InChI is InChI=1S/C10H15F2N3/c1-7(8-2-3-8)14-6-9-13-4-5-15(9)10(11)12/h4-5,7-8,10,14H,2-3,6H2,1H3. The van der Waals surface area contributed by atoms with Gasteiger partial charge in [0.05, 0.1) is 6.54 Å². The average Bonchev–Trinajstić information content (AvgIpc) is 2.93. The van der Waals surface area contributed by atoms with Crippen molar-refractivity contribution in [3.05, 3.63) is 18.2 Å². The zero-order valence-electron chi connectivity index (χ0n) is 8.66. The highest BCUT2D eigenvalue weighted by Crippen LogP contribution is 2.32. The van der Waals surface area contributed by atoms with Gasteiger partial charge in [-0.25, -0.2) is 4.98 Å². The Morgan fingerprint density at radius 1 is 1.60 bits per heavy atom. The number of alkyl halides is 2. The van der Waals surface area contributed by atoms with E-state index < -0.39 is 6.55 Å². The largest absolute Gasteiger partial charge is 0.319 e. The molecule has 1 heterocycles. The number of hydrogen-bond acceptors (Lipinski definition) is 2. The van der Waals surface area contributed by atoms with Crippen molar-refractivity contribution in [1.29, 1.82) is 0 Å². The first-order chi connectivity index (χ1) is 7.18. The Hall–Kier alpha value is -0.970. The van der Waals surface area contributed by atoms with Crippen LogP contribution >= 0.6 is 0 Å². The average molecular weight is 215 g/mol. The lowest BCUT2D eigenvalue weighted by Gasteiger charge is -2.13. The minimum absolute atomic E-state index is 0.396. The van der Waals surface area contributed by atoms with Crippen LogP contribution in [0.3, 0.4) is 0 Å². The Morgan fingerprint density at radius 2 is 2.33 bits per heavy atom. The van der Waals surface area contributed by atoms with Crippen LogP contribution in [0.2, 0.25) is 0 Å². The van der Waals surface area contributed by atoms with Gasteiger partial charge in [-0.1, -0.05) is 0 Å². The Balaban J connectivity index is 1.89. The van der Waals surface area contributed by atoms with Crippen LogP contribution in [-0.4, -0.2) is 15.6 Å². The Bertz CT molecular complexity index is 320. The van der Waals surface area contributed by atoms with E-state index >= 15 is 0 Å². The smallest absolute Gasteiger partial charge is 0.307 e. The number of rotatable bonds is 5. The van der Waals surface area contributed by atoms with Gasteiger partial charge in [0.25, 0.3) is 0 Å². The highest BCUT2D eigenvalue weighted by Gasteiger charge is 2.27. The summed E-state index contributed by atoms with van der Waals surface area (Å²) in [7, 11) is 0. The van der Waals surface area contributed by atoms with Crippen molar-refractivity contribution in [1.82, 2.24) is 14.9 Å². The third-order valence-electron chi connectivity index (χ3n) is 2.87. The summed E-state index contributed by atoms with van der Waals surface area (Å²) in [5.74, 6) is 1.12. The van der Waals surface area contributed by atoms with Crippen LogP contribution in [0.4, 0.5) is 8.78 Å². The molecule has 1 N–H and O–H groups in total. The van der Waals surface area contributed by atoms with Gasteiger partial charge in [0, 0.05) is 18.4 Å². The lowest BCUT2D eigenvalue weighted by molar-refractivity contribution is 0.0664. The first kappa shape index (κ1) is 10.5. The second-order valence-corrected chi connectivity index (χ2v) is 4.04. The van der Waals surface area contributed by atoms with E-state index in [2.05, 4.69) is 17.2 Å². The SMILES string of the molecule is CC(NCc1nccn1C(F)F)C1CC1. The monoisotopic (exact) mass is 215 g/mol. The van der Waals surface area contributed by atoms with Crippen molar-refractivity contribution >= 4 is 0 Å². The Labute approximate surface area is 87.5 Å². The summed E-state index contributed by atoms with van der Waals surface area (Å²) in [6, 6.07) is 0.396. The van der Waals surface area contributed by atoms with E-state index in [9.17, 15) is 8.78 Å². The molecule has 1 atom stereocenters. The van der Waals surface area contributed by atoms with Crippen LogP contribution in [0.15, 0.2) is 12.4 Å². The summed E-state index contributed by atoms with van der Waals surface area (Å²) in [5, 5.41) is 3.23. The van der Waals surface area contributed by atoms with Crippen LogP contribution in [0.5, 0.6) is 0 Å². The molecule has 1 aromatic heterocycles. The fraction of sp³-hybridized carbons (Fsp3) is 0.700. The number of hydrogen-bond donors (Lipinski definition) is 1. The van der Waals surface area contributed by atoms with Crippen molar-refractivity contribution in [2.24, 2.45) is 5.92 Å². The van der Waals surface area contributed by atoms with Crippen molar-refractivity contribution < 1.29 is 8.78 Å². The van der Waals surface area contributed by atoms with E-state index in [1.54, 1.807) is 0 Å². The second kappa shape index (κ2) is 4.26. The number of nitrogens with zero attached hydrogens (tertiary/aromatic N) is 2. The van der Waals surface area contributed by atoms with Crippen molar-refractivity contribution in [2.45, 2.75) is 38.9 Å². The maximum absolute atomic E-state index is 12.5. The molecule has 1 aliphatic carbocycles. The highest BCUT2D eigenvalue weighted by molar-refractivity contribution is 4.94. The molecule has 1 saturated carbocycles. The number of aromatic nitrogens is 2. The van der Waals surface area contributed by atoms with E-state index in [1.165, 1.54) is 25.2 Å². The number of imidazole rings is 1. The van der Waals surface area contributed by atoms with E-state index in [-0.39, 0.29) is 0 Å². The summed E-state index contributed by atoms with van der Waals surface area (Å²) in [6.45, 7) is 0.00280. The highest BCUT2D eigenvalue weighted by atomic mass is 19.3. The first-order valence-corrected chi connectivity index (χ1v) is 5.21. The van der Waals surface area contributed by atoms with Crippen LogP contribution in [0.25, 0.3) is 0 Å². The molecule has 0 bridgehead atoms. The predicted molar refractivity (Wildman–Crippen MR) is 52.5 cm³/mol. The molecule has 0 amide bonds. The quantitative estimate of drug-likeness (QED) is 0.815. The van der Waals surface area contributed by atoms with Gasteiger partial charge in [-0.2, -0.15) is 8.78 Å². The molecule has 1 fully saturated rings. The zero-order valence-corrected chi connectivity index (χ0v) is 8.66. The lowest BCUT2D eigenvalue weighted by Crippen LogP contribution is -2.28. The lowest BCUT2D eigenvalue weighted by atomic mass is 10.2. The first-order valence-electron chi connectivity index (χ1n) is 5.21. The normalized spacial score (nSPS) is 18.4. The van der Waals surface area contributed by atoms with Crippen LogP contribution in [0, 0.1) is 5.92 Å². The van der Waals surface area contributed by atoms with Crippen molar-refractivity contribution in [3.63, 3.8) is 0 Å². The molecule has 1 aromatic rings. The zero-order chi connectivity index (χ0) is 10.8. The molecule has 0 saturated heterocycles. The number of halogens is 2. The molecule has 2 rings (SSSR count). The maximum atomic E-state index is 12.5. The van der Waals surface area contributed by atoms with Gasteiger partial charge < -0.3 is 5.32 Å². The van der Waals surface area contributed by atoms with Gasteiger partial charge in [0.1, 0.15) is 5.82 Å². The molecular weight excluding hydrogens is 200 g/mol. The molecule has 1 unspecified atom stereocenters. The van der Waals surface area contributed by atoms with Gasteiger partial charge in [-0.15, -0.1) is 0 Å². The summed E-state index contributed by atoms with van der Waals surface area (Å²) < 4.78 is 25.8. The van der Waals surface area contributed by atoms with E-state index in [0.717, 1.165) is 10.5 Å². The molecule has 15 heavy (non-hydrogen) atoms. The molecular formula is C10H15F2N3. The van der Waals surface area contributed by atoms with Crippen LogP contribution < -0.4 is 5.32 Å². The van der Waals surface area contributed by atoms with Crippen molar-refractivity contribution in [3.8, 4) is 0 Å². The topological polar surface area (TPSA) is 29.9 Å². The predicted octanol–water partition coefficient (Wildman–Crippen LogP) is 2.17. The Morgan fingerprint density at radius 3 is 2.93 bits per heavy atom. The summed E-state index contributed by atoms with van der Waals surface area (Å²) in [5.41, 5.74) is 0. The molecule has 3 nitrogen and oxygen atoms in total. The molecule has 0 aliphatic heterocycles. The van der Waals surface area contributed by atoms with Gasteiger partial charge >= 0.3 is 6.55 Å². The van der Waals surface area contributed by atoms with E-state index in [1.807, 2.05) is 0 Å². The van der Waals surface area contributed by atoms with Gasteiger partial charge in [-0.05, 0) is 25.7 Å². The summed E-state index contributed by atoms with van der Waals surface area (Å²) in [6.07, 6.45) is 5.21. The van der Waals surface area contributed by atoms with E-state index in [0.29, 0.717) is 18.4 Å². The third-order valence-corrected chi connectivity index (χ3v) is 2.87. The molecule has 0 radical (unpaired) electrons. The fourth-order valence-electron chi connectivity index (χ4n) is 1.67.